The van der Waals surface area contributed by atoms with Crippen LogP contribution in [0.3, 0.4) is 0 Å². The van der Waals surface area contributed by atoms with Crippen LogP contribution in [0.25, 0.3) is 0 Å². The van der Waals surface area contributed by atoms with Gasteiger partial charge in [-0.15, -0.1) is 0 Å². The van der Waals surface area contributed by atoms with Crippen LogP contribution in [0.5, 0.6) is 0 Å². The van der Waals surface area contributed by atoms with Crippen LogP contribution in [0.4, 0.5) is 0 Å². The maximum atomic E-state index is 10.2. The highest BCUT2D eigenvalue weighted by Gasteiger charge is 2.33. The number of hydrogen-bond acceptors (Lipinski definition) is 5. The summed E-state index contributed by atoms with van der Waals surface area (Å²) in [5.74, 6) is 0. The van der Waals surface area contributed by atoms with E-state index in [1.165, 1.54) is 122 Å². The molecule has 0 unspecified atom stereocenters. The van der Waals surface area contributed by atoms with Crippen molar-refractivity contribution in [2.45, 2.75) is 160 Å². The molecule has 4 atom stereocenters. The Morgan fingerprint density at radius 3 is 1.11 bits per heavy atom. The molecule has 0 aliphatic heterocycles. The normalized spacial score (nSPS) is 15.7. The first kappa shape index (κ1) is 35.8. The molecular formula is C30H64NO5+. The van der Waals surface area contributed by atoms with Crippen LogP contribution < -0.4 is 0 Å². The predicted octanol–water partition coefficient (Wildman–Crippen LogP) is 5.32. The largest absolute Gasteiger partial charge is 0.394 e. The van der Waals surface area contributed by atoms with Crippen LogP contribution >= 0.6 is 0 Å². The van der Waals surface area contributed by atoms with Gasteiger partial charge in [-0.25, -0.2) is 0 Å². The zero-order valence-corrected chi connectivity index (χ0v) is 24.3. The number of aliphatic hydroxyl groups is 5. The fourth-order valence-corrected chi connectivity index (χ4v) is 5.06. The zero-order valence-electron chi connectivity index (χ0n) is 24.3. The van der Waals surface area contributed by atoms with Gasteiger partial charge in [-0.2, -0.15) is 0 Å². The van der Waals surface area contributed by atoms with Crippen LogP contribution in [-0.2, 0) is 0 Å². The Kier molecular flexibility index (Phi) is 23.7. The van der Waals surface area contributed by atoms with Crippen molar-refractivity contribution >= 4 is 0 Å². The van der Waals surface area contributed by atoms with E-state index in [4.69, 9.17) is 5.11 Å². The zero-order chi connectivity index (χ0) is 27.1. The van der Waals surface area contributed by atoms with E-state index >= 15 is 0 Å². The quantitative estimate of drug-likeness (QED) is 0.0748. The van der Waals surface area contributed by atoms with E-state index in [1.54, 1.807) is 0 Å². The molecule has 0 heterocycles. The van der Waals surface area contributed by atoms with Crippen molar-refractivity contribution in [3.05, 3.63) is 0 Å². The van der Waals surface area contributed by atoms with Crippen LogP contribution in [0.1, 0.15) is 135 Å². The van der Waals surface area contributed by atoms with Gasteiger partial charge in [0.15, 0.2) is 0 Å². The second kappa shape index (κ2) is 23.8. The Hall–Kier alpha value is -0.240. The van der Waals surface area contributed by atoms with Crippen molar-refractivity contribution in [1.82, 2.24) is 0 Å². The van der Waals surface area contributed by atoms with E-state index < -0.39 is 31.0 Å². The van der Waals surface area contributed by atoms with Gasteiger partial charge in [-0.1, -0.05) is 122 Å². The molecule has 0 aromatic heterocycles. The first-order valence-electron chi connectivity index (χ1n) is 15.4. The second-order valence-electron chi connectivity index (χ2n) is 11.9. The van der Waals surface area contributed by atoms with Crippen molar-refractivity contribution in [2.75, 3.05) is 33.8 Å². The third-order valence-electron chi connectivity index (χ3n) is 7.62. The Labute approximate surface area is 223 Å². The summed E-state index contributed by atoms with van der Waals surface area (Å²) in [6.45, 7) is 2.81. The Morgan fingerprint density at radius 1 is 0.472 bits per heavy atom. The minimum absolute atomic E-state index is 0.287. The molecule has 0 saturated carbocycles. The lowest BCUT2D eigenvalue weighted by molar-refractivity contribution is -0.894. The maximum absolute atomic E-state index is 10.2. The number of nitrogens with zero attached hydrogens (tertiary/aromatic N) is 1. The van der Waals surface area contributed by atoms with Crippen molar-refractivity contribution in [3.63, 3.8) is 0 Å². The smallest absolute Gasteiger partial charge is 0.131 e. The van der Waals surface area contributed by atoms with E-state index in [9.17, 15) is 20.4 Å². The highest BCUT2D eigenvalue weighted by molar-refractivity contribution is 4.80. The molecule has 0 rings (SSSR count). The lowest BCUT2D eigenvalue weighted by Gasteiger charge is -2.34. The molecule has 6 heteroatoms. The Balaban J connectivity index is 3.49. The highest BCUT2D eigenvalue weighted by atomic mass is 16.4. The third kappa shape index (κ3) is 20.8. The first-order valence-corrected chi connectivity index (χ1v) is 15.4. The maximum Gasteiger partial charge on any atom is 0.131 e. The van der Waals surface area contributed by atoms with Gasteiger partial charge in [0, 0.05) is 0 Å². The number of rotatable bonds is 27. The minimum Gasteiger partial charge on any atom is -0.394 e. The van der Waals surface area contributed by atoms with E-state index in [2.05, 4.69) is 6.92 Å². The van der Waals surface area contributed by atoms with Crippen molar-refractivity contribution < 1.29 is 30.0 Å². The van der Waals surface area contributed by atoms with Gasteiger partial charge in [0.05, 0.1) is 27.2 Å². The van der Waals surface area contributed by atoms with E-state index in [0.717, 1.165) is 13.0 Å². The van der Waals surface area contributed by atoms with Gasteiger partial charge in [0.2, 0.25) is 0 Å². The summed E-state index contributed by atoms with van der Waals surface area (Å²) in [7, 11) is 4.00. The van der Waals surface area contributed by atoms with Gasteiger partial charge in [-0.05, 0) is 12.8 Å². The summed E-state index contributed by atoms with van der Waals surface area (Å²) in [4.78, 5) is 0. The molecule has 0 aromatic carbocycles. The van der Waals surface area contributed by atoms with E-state index in [0.29, 0.717) is 4.48 Å². The average Bonchev–Trinajstić information content (AvgIpc) is 2.85. The van der Waals surface area contributed by atoms with E-state index in [-0.39, 0.29) is 6.54 Å². The fraction of sp³-hybridized carbons (Fsp3) is 1.00. The Bertz CT molecular complexity index is 463. The number of unbranched alkanes of at least 4 members (excludes halogenated alkanes) is 19. The molecule has 36 heavy (non-hydrogen) atoms. The molecule has 0 aliphatic carbocycles. The summed E-state index contributed by atoms with van der Waals surface area (Å²) in [6, 6.07) is 0. The van der Waals surface area contributed by atoms with Gasteiger partial charge in [0.25, 0.3) is 0 Å². The molecular weight excluding hydrogens is 454 g/mol. The van der Waals surface area contributed by atoms with Crippen LogP contribution in [0.15, 0.2) is 0 Å². The van der Waals surface area contributed by atoms with Gasteiger partial charge >= 0.3 is 0 Å². The predicted molar refractivity (Wildman–Crippen MR) is 151 cm³/mol. The molecule has 6 nitrogen and oxygen atoms in total. The van der Waals surface area contributed by atoms with Crippen LogP contribution in [-0.4, -0.2) is 88.2 Å². The number of aliphatic hydroxyl groups excluding tert-OH is 5. The van der Waals surface area contributed by atoms with Crippen molar-refractivity contribution in [2.24, 2.45) is 0 Å². The molecule has 5 N–H and O–H groups in total. The Morgan fingerprint density at radius 2 is 0.778 bits per heavy atom. The van der Waals surface area contributed by atoms with Crippen LogP contribution in [0, 0.1) is 0 Å². The molecule has 0 aromatic rings. The monoisotopic (exact) mass is 518 g/mol. The average molecular weight is 519 g/mol. The number of hydrogen-bond donors (Lipinski definition) is 5. The highest BCUT2D eigenvalue weighted by Crippen LogP contribution is 2.16. The third-order valence-corrected chi connectivity index (χ3v) is 7.62. The van der Waals surface area contributed by atoms with Gasteiger partial charge in [-0.3, -0.25) is 0 Å². The summed E-state index contributed by atoms with van der Waals surface area (Å²) in [5, 5.41) is 48.3. The number of likely N-dealkylation sites (N-methyl/N-ethyl adjacent to an activating group) is 1. The molecule has 0 spiro atoms. The molecule has 0 bridgehead atoms. The summed E-state index contributed by atoms with van der Waals surface area (Å²) in [5.41, 5.74) is 0. The molecule has 0 saturated heterocycles. The van der Waals surface area contributed by atoms with Crippen LogP contribution in [0.2, 0.25) is 0 Å². The molecule has 0 fully saturated rings. The lowest BCUT2D eigenvalue weighted by Crippen LogP contribution is -2.54. The summed E-state index contributed by atoms with van der Waals surface area (Å²) < 4.78 is 0.541. The molecule has 0 aliphatic rings. The number of quaternary nitrogens is 1. The van der Waals surface area contributed by atoms with Gasteiger partial charge < -0.3 is 30.0 Å². The topological polar surface area (TPSA) is 101 Å². The SMILES string of the molecule is CCCCCCCCCCCCCCCCCCCCCC[N+](C)(C)C[C@H](O)[C@@H](O)[C@H](O)[C@H](O)CO. The fourth-order valence-electron chi connectivity index (χ4n) is 5.06. The minimum atomic E-state index is -1.55. The van der Waals surface area contributed by atoms with E-state index in [1.807, 2.05) is 14.1 Å². The standard InChI is InChI=1S/C30H64NO5/c1-4-5-6-7-8-9-10-11-12-13-14-15-16-17-18-19-20-21-22-23-24-31(2,3)25-27(33)29(35)30(36)28(34)26-32/h27-30,32-36H,4-26H2,1-3H3/q+1/t27-,28+,29+,30+/m0/s1. The summed E-state index contributed by atoms with van der Waals surface area (Å²) >= 11 is 0. The first-order chi connectivity index (χ1) is 17.2. The van der Waals surface area contributed by atoms with Crippen molar-refractivity contribution in [1.29, 1.82) is 0 Å². The molecule has 218 valence electrons. The van der Waals surface area contributed by atoms with Gasteiger partial charge in [0.1, 0.15) is 31.0 Å². The second-order valence-corrected chi connectivity index (χ2v) is 11.9. The molecule has 0 radical (unpaired) electrons. The van der Waals surface area contributed by atoms with Crippen molar-refractivity contribution in [3.8, 4) is 0 Å². The summed E-state index contributed by atoms with van der Waals surface area (Å²) in [6.07, 6.45) is 21.6. The lowest BCUT2D eigenvalue weighted by atomic mass is 10.0. The molecule has 0 amide bonds.